The van der Waals surface area contributed by atoms with Crippen LogP contribution in [0.5, 0.6) is 0 Å². The van der Waals surface area contributed by atoms with Crippen molar-refractivity contribution < 1.29 is 17.6 Å². The number of hydrogen-bond donors (Lipinski definition) is 1. The van der Waals surface area contributed by atoms with Gasteiger partial charge in [0, 0.05) is 19.2 Å². The van der Waals surface area contributed by atoms with Crippen molar-refractivity contribution >= 4 is 21.7 Å². The van der Waals surface area contributed by atoms with Gasteiger partial charge in [0.1, 0.15) is 11.6 Å². The van der Waals surface area contributed by atoms with E-state index in [-0.39, 0.29) is 17.3 Å². The fourth-order valence-electron chi connectivity index (χ4n) is 3.98. The third-order valence-electron chi connectivity index (χ3n) is 5.94. The molecule has 9 heteroatoms. The fourth-order valence-corrected chi connectivity index (χ4v) is 5.50. The highest BCUT2D eigenvalue weighted by molar-refractivity contribution is 7.89. The standard InChI is InChI=1S/C24H27FN4O3S/c1-2-18-5-7-19(8-6-18)16-29-23(13-14-26-29)27-24(30)20-4-3-15-28(17-20)33(31,32)22-11-9-21(25)10-12-22/h5-14,20H,2-4,15-17H2,1H3,(H,27,30). The zero-order valence-electron chi connectivity index (χ0n) is 18.4. The minimum atomic E-state index is -3.79. The van der Waals surface area contributed by atoms with Gasteiger partial charge in [0.2, 0.25) is 15.9 Å². The summed E-state index contributed by atoms with van der Waals surface area (Å²) in [5.74, 6) is -0.654. The van der Waals surface area contributed by atoms with Crippen molar-refractivity contribution in [2.45, 2.75) is 37.6 Å². The molecule has 1 aliphatic rings. The topological polar surface area (TPSA) is 84.3 Å². The van der Waals surface area contributed by atoms with Crippen LogP contribution in [-0.2, 0) is 27.8 Å². The van der Waals surface area contributed by atoms with Crippen LogP contribution < -0.4 is 5.32 Å². The molecule has 0 saturated carbocycles. The van der Waals surface area contributed by atoms with Gasteiger partial charge in [0.05, 0.1) is 23.6 Å². The van der Waals surface area contributed by atoms with Gasteiger partial charge in [-0.3, -0.25) is 4.79 Å². The van der Waals surface area contributed by atoms with Crippen LogP contribution >= 0.6 is 0 Å². The normalized spacial score (nSPS) is 17.1. The molecule has 2 aromatic carbocycles. The van der Waals surface area contributed by atoms with Crippen LogP contribution in [0.1, 0.15) is 30.9 Å². The lowest BCUT2D eigenvalue weighted by atomic mass is 9.99. The van der Waals surface area contributed by atoms with Gasteiger partial charge in [-0.15, -0.1) is 0 Å². The molecule has 1 unspecified atom stereocenters. The van der Waals surface area contributed by atoms with Crippen LogP contribution in [0.25, 0.3) is 0 Å². The van der Waals surface area contributed by atoms with E-state index < -0.39 is 21.8 Å². The maximum atomic E-state index is 13.2. The van der Waals surface area contributed by atoms with Crippen LogP contribution in [0.15, 0.2) is 65.7 Å². The molecule has 174 valence electrons. The second-order valence-corrected chi connectivity index (χ2v) is 10.1. The Balaban J connectivity index is 1.43. The molecule has 4 rings (SSSR count). The SMILES string of the molecule is CCc1ccc(Cn2nccc2NC(=O)C2CCCN(S(=O)(=O)c3ccc(F)cc3)C2)cc1. The van der Waals surface area contributed by atoms with Crippen LogP contribution in [0.4, 0.5) is 10.2 Å². The number of nitrogens with zero attached hydrogens (tertiary/aromatic N) is 3. The van der Waals surface area contributed by atoms with E-state index in [1.807, 2.05) is 12.1 Å². The molecule has 0 radical (unpaired) electrons. The molecule has 1 aliphatic heterocycles. The highest BCUT2D eigenvalue weighted by Gasteiger charge is 2.33. The van der Waals surface area contributed by atoms with Gasteiger partial charge >= 0.3 is 0 Å². The first kappa shape index (κ1) is 23.1. The molecule has 1 N–H and O–H groups in total. The quantitative estimate of drug-likeness (QED) is 0.571. The summed E-state index contributed by atoms with van der Waals surface area (Å²) < 4.78 is 42.1. The number of hydrogen-bond acceptors (Lipinski definition) is 4. The van der Waals surface area contributed by atoms with Gasteiger partial charge in [-0.2, -0.15) is 9.40 Å². The maximum absolute atomic E-state index is 13.2. The number of piperidine rings is 1. The largest absolute Gasteiger partial charge is 0.311 e. The third-order valence-corrected chi connectivity index (χ3v) is 7.82. The first-order chi connectivity index (χ1) is 15.9. The van der Waals surface area contributed by atoms with Gasteiger partial charge in [-0.1, -0.05) is 31.2 Å². The first-order valence-corrected chi connectivity index (χ1v) is 12.5. The first-order valence-electron chi connectivity index (χ1n) is 11.0. The van der Waals surface area contributed by atoms with Crippen molar-refractivity contribution in [2.24, 2.45) is 5.92 Å². The van der Waals surface area contributed by atoms with Crippen molar-refractivity contribution in [2.75, 3.05) is 18.4 Å². The number of aromatic nitrogens is 2. The molecule has 1 atom stereocenters. The molecule has 0 spiro atoms. The second kappa shape index (κ2) is 9.84. The van der Waals surface area contributed by atoms with E-state index in [2.05, 4.69) is 29.5 Å². The summed E-state index contributed by atoms with van der Waals surface area (Å²) in [6.45, 7) is 3.03. The summed E-state index contributed by atoms with van der Waals surface area (Å²) in [4.78, 5) is 13.0. The lowest BCUT2D eigenvalue weighted by Crippen LogP contribution is -2.43. The number of nitrogens with one attached hydrogen (secondary N) is 1. The molecule has 1 aromatic heterocycles. The molecule has 0 bridgehead atoms. The average Bonchev–Trinajstić information content (AvgIpc) is 3.26. The Bertz CT molecular complexity index is 1210. The molecular formula is C24H27FN4O3S. The predicted octanol–water partition coefficient (Wildman–Crippen LogP) is 3.67. The minimum Gasteiger partial charge on any atom is -0.311 e. The van der Waals surface area contributed by atoms with E-state index >= 15 is 0 Å². The molecule has 1 saturated heterocycles. The lowest BCUT2D eigenvalue weighted by Gasteiger charge is -2.31. The number of anilines is 1. The Morgan fingerprint density at radius 3 is 2.48 bits per heavy atom. The summed E-state index contributed by atoms with van der Waals surface area (Å²) in [6, 6.07) is 14.7. The number of carbonyl (C=O) groups excluding carboxylic acids is 1. The molecule has 1 fully saturated rings. The maximum Gasteiger partial charge on any atom is 0.243 e. The molecular weight excluding hydrogens is 443 g/mol. The summed E-state index contributed by atoms with van der Waals surface area (Å²) in [5.41, 5.74) is 2.32. The van der Waals surface area contributed by atoms with Crippen molar-refractivity contribution in [3.05, 3.63) is 77.7 Å². The molecule has 0 aliphatic carbocycles. The molecule has 7 nitrogen and oxygen atoms in total. The van der Waals surface area contributed by atoms with Crippen molar-refractivity contribution in [1.29, 1.82) is 0 Å². The summed E-state index contributed by atoms with van der Waals surface area (Å²) in [6.07, 6.45) is 3.76. The predicted molar refractivity (Wildman–Crippen MR) is 124 cm³/mol. The van der Waals surface area contributed by atoms with Gasteiger partial charge in [0.25, 0.3) is 0 Å². The lowest BCUT2D eigenvalue weighted by molar-refractivity contribution is -0.120. The number of benzene rings is 2. The highest BCUT2D eigenvalue weighted by atomic mass is 32.2. The van der Waals surface area contributed by atoms with Crippen molar-refractivity contribution in [3.8, 4) is 0 Å². The Labute approximate surface area is 193 Å². The third kappa shape index (κ3) is 5.31. The van der Waals surface area contributed by atoms with E-state index in [1.54, 1.807) is 16.9 Å². The zero-order valence-corrected chi connectivity index (χ0v) is 19.3. The summed E-state index contributed by atoms with van der Waals surface area (Å²) in [5, 5.41) is 7.23. The average molecular weight is 471 g/mol. The Hall–Kier alpha value is -3.04. The molecule has 2 heterocycles. The fraction of sp³-hybridized carbons (Fsp3) is 0.333. The van der Waals surface area contributed by atoms with Crippen molar-refractivity contribution in [3.63, 3.8) is 0 Å². The molecule has 33 heavy (non-hydrogen) atoms. The van der Waals surface area contributed by atoms with E-state index in [4.69, 9.17) is 0 Å². The second-order valence-electron chi connectivity index (χ2n) is 8.19. The number of sulfonamides is 1. The Morgan fingerprint density at radius 1 is 1.09 bits per heavy atom. The number of carbonyl (C=O) groups is 1. The van der Waals surface area contributed by atoms with Gasteiger partial charge in [-0.25, -0.2) is 17.5 Å². The summed E-state index contributed by atoms with van der Waals surface area (Å²) in [7, 11) is -3.79. The van der Waals surface area contributed by atoms with E-state index in [0.717, 1.165) is 24.1 Å². The smallest absolute Gasteiger partial charge is 0.243 e. The van der Waals surface area contributed by atoms with E-state index in [0.29, 0.717) is 31.7 Å². The molecule has 3 aromatic rings. The van der Waals surface area contributed by atoms with Crippen LogP contribution in [0.3, 0.4) is 0 Å². The highest BCUT2D eigenvalue weighted by Crippen LogP contribution is 2.25. The van der Waals surface area contributed by atoms with E-state index in [9.17, 15) is 17.6 Å². The van der Waals surface area contributed by atoms with Crippen molar-refractivity contribution in [1.82, 2.24) is 14.1 Å². The number of amides is 1. The van der Waals surface area contributed by atoms with Crippen LogP contribution in [-0.4, -0.2) is 41.5 Å². The monoisotopic (exact) mass is 470 g/mol. The van der Waals surface area contributed by atoms with Gasteiger partial charge in [0.15, 0.2) is 0 Å². The zero-order chi connectivity index (χ0) is 23.4. The van der Waals surface area contributed by atoms with Gasteiger partial charge in [-0.05, 0) is 54.7 Å². The number of halogens is 1. The van der Waals surface area contributed by atoms with Gasteiger partial charge < -0.3 is 5.32 Å². The Kier molecular flexibility index (Phi) is 6.90. The minimum absolute atomic E-state index is 0.0251. The van der Waals surface area contributed by atoms with Crippen LogP contribution in [0, 0.1) is 11.7 Å². The molecule has 1 amide bonds. The summed E-state index contributed by atoms with van der Waals surface area (Å²) >= 11 is 0. The van der Waals surface area contributed by atoms with Crippen LogP contribution in [0.2, 0.25) is 0 Å². The number of rotatable bonds is 7. The Morgan fingerprint density at radius 2 is 1.79 bits per heavy atom. The number of aryl methyl sites for hydroxylation is 1. The van der Waals surface area contributed by atoms with E-state index in [1.165, 1.54) is 22.0 Å².